The summed E-state index contributed by atoms with van der Waals surface area (Å²) in [6.07, 6.45) is 0. The van der Waals surface area contributed by atoms with Crippen LogP contribution in [0.5, 0.6) is 5.75 Å². The van der Waals surface area contributed by atoms with Gasteiger partial charge >= 0.3 is 0 Å². The first kappa shape index (κ1) is 17.0. The molecule has 0 atom stereocenters. The summed E-state index contributed by atoms with van der Waals surface area (Å²) < 4.78 is 7.03. The highest BCUT2D eigenvalue weighted by atomic mass is 35.5. The number of nitrogens with one attached hydrogen (secondary N) is 1. The molecule has 0 aliphatic rings. The number of methoxy groups -OCH3 is 1. The number of hydrogen-bond acceptors (Lipinski definition) is 3. The first-order chi connectivity index (χ1) is 12.0. The number of hydrogen-bond donors (Lipinski definition) is 1. The van der Waals surface area contributed by atoms with Gasteiger partial charge < -0.3 is 10.1 Å². The molecule has 25 heavy (non-hydrogen) atoms. The molecule has 0 aliphatic carbocycles. The Kier molecular flexibility index (Phi) is 4.76. The maximum absolute atomic E-state index is 12.6. The van der Waals surface area contributed by atoms with Crippen LogP contribution in [-0.2, 0) is 0 Å². The van der Waals surface area contributed by atoms with Gasteiger partial charge in [0.1, 0.15) is 5.75 Å². The number of carbonyl (C=O) groups is 1. The molecule has 3 rings (SSSR count). The maximum atomic E-state index is 12.6. The van der Waals surface area contributed by atoms with E-state index in [9.17, 15) is 4.79 Å². The Labute approximate surface area is 151 Å². The fourth-order valence-electron chi connectivity index (χ4n) is 2.53. The number of rotatable bonds is 4. The molecule has 0 radical (unpaired) electrons. The number of carbonyl (C=O) groups excluding carboxylic acids is 1. The lowest BCUT2D eigenvalue weighted by Gasteiger charge is -2.11. The number of halogens is 1. The monoisotopic (exact) mass is 355 g/mol. The van der Waals surface area contributed by atoms with E-state index in [2.05, 4.69) is 10.4 Å². The summed E-state index contributed by atoms with van der Waals surface area (Å²) >= 11 is 6.10. The number of anilines is 1. The average molecular weight is 356 g/mol. The quantitative estimate of drug-likeness (QED) is 0.754. The normalized spacial score (nSPS) is 10.6. The summed E-state index contributed by atoms with van der Waals surface area (Å²) in [6.45, 7) is 3.77. The Morgan fingerprint density at radius 1 is 1.16 bits per heavy atom. The van der Waals surface area contributed by atoms with E-state index in [4.69, 9.17) is 16.3 Å². The molecule has 0 fully saturated rings. The molecule has 0 saturated carbocycles. The van der Waals surface area contributed by atoms with Crippen molar-refractivity contribution in [3.63, 3.8) is 0 Å². The minimum atomic E-state index is -0.308. The van der Waals surface area contributed by atoms with Crippen molar-refractivity contribution in [1.29, 1.82) is 0 Å². The van der Waals surface area contributed by atoms with Gasteiger partial charge in [-0.1, -0.05) is 29.8 Å². The Morgan fingerprint density at radius 3 is 2.56 bits per heavy atom. The average Bonchev–Trinajstić information content (AvgIpc) is 3.00. The van der Waals surface area contributed by atoms with Gasteiger partial charge in [-0.05, 0) is 43.7 Å². The molecule has 0 aliphatic heterocycles. The zero-order valence-corrected chi connectivity index (χ0v) is 15.0. The van der Waals surface area contributed by atoms with Crippen LogP contribution >= 0.6 is 11.6 Å². The predicted molar refractivity (Wildman–Crippen MR) is 99.0 cm³/mol. The van der Waals surface area contributed by atoms with Crippen LogP contribution in [0.2, 0.25) is 5.02 Å². The van der Waals surface area contributed by atoms with E-state index in [1.54, 1.807) is 22.9 Å². The van der Waals surface area contributed by atoms with Crippen LogP contribution in [0.1, 0.15) is 21.7 Å². The molecule has 0 unspecified atom stereocenters. The van der Waals surface area contributed by atoms with E-state index in [1.165, 1.54) is 7.11 Å². The van der Waals surface area contributed by atoms with E-state index in [1.807, 2.05) is 44.2 Å². The van der Waals surface area contributed by atoms with Gasteiger partial charge in [-0.2, -0.15) is 5.10 Å². The highest BCUT2D eigenvalue weighted by Crippen LogP contribution is 2.31. The topological polar surface area (TPSA) is 56.1 Å². The molecule has 0 saturated heterocycles. The van der Waals surface area contributed by atoms with Crippen LogP contribution in [0.3, 0.4) is 0 Å². The fraction of sp³-hybridized carbons (Fsp3) is 0.158. The molecule has 1 heterocycles. The van der Waals surface area contributed by atoms with E-state index in [0.29, 0.717) is 22.2 Å². The van der Waals surface area contributed by atoms with Crippen LogP contribution in [0.4, 0.5) is 5.69 Å². The second-order valence-corrected chi connectivity index (χ2v) is 6.08. The standard InChI is InChI=1S/C19H18ClN3O2/c1-12-9-16(18(25-3)11-15(12)20)21-19(24)17-10-13(2)23(22-17)14-7-5-4-6-8-14/h4-11H,1-3H3,(H,21,24). The number of nitrogens with zero attached hydrogens (tertiary/aromatic N) is 2. The zero-order chi connectivity index (χ0) is 18.0. The lowest BCUT2D eigenvalue weighted by molar-refractivity contribution is 0.102. The second-order valence-electron chi connectivity index (χ2n) is 5.67. The molecule has 0 spiro atoms. The molecule has 2 aromatic carbocycles. The van der Waals surface area contributed by atoms with Crippen LogP contribution in [-0.4, -0.2) is 22.8 Å². The molecule has 3 aromatic rings. The van der Waals surface area contributed by atoms with Crippen molar-refractivity contribution in [3.05, 3.63) is 70.5 Å². The summed E-state index contributed by atoms with van der Waals surface area (Å²) in [7, 11) is 1.53. The largest absolute Gasteiger partial charge is 0.495 e. The van der Waals surface area contributed by atoms with Gasteiger partial charge in [-0.25, -0.2) is 4.68 Å². The Morgan fingerprint density at radius 2 is 1.88 bits per heavy atom. The van der Waals surface area contributed by atoms with Gasteiger partial charge in [-0.3, -0.25) is 4.79 Å². The smallest absolute Gasteiger partial charge is 0.276 e. The number of ether oxygens (including phenoxy) is 1. The Bertz CT molecular complexity index is 920. The minimum Gasteiger partial charge on any atom is -0.495 e. The second kappa shape index (κ2) is 6.99. The third-order valence-electron chi connectivity index (χ3n) is 3.85. The third-order valence-corrected chi connectivity index (χ3v) is 4.26. The summed E-state index contributed by atoms with van der Waals surface area (Å²) in [4.78, 5) is 12.6. The first-order valence-corrected chi connectivity index (χ1v) is 8.15. The summed E-state index contributed by atoms with van der Waals surface area (Å²) in [6, 6.07) is 14.9. The molecular weight excluding hydrogens is 338 g/mol. The lowest BCUT2D eigenvalue weighted by atomic mass is 10.2. The van der Waals surface area contributed by atoms with Crippen molar-refractivity contribution in [2.24, 2.45) is 0 Å². The van der Waals surface area contributed by atoms with Gasteiger partial charge in [0, 0.05) is 16.8 Å². The van der Waals surface area contributed by atoms with E-state index >= 15 is 0 Å². The van der Waals surface area contributed by atoms with E-state index in [0.717, 1.165) is 16.9 Å². The Hall–Kier alpha value is -2.79. The summed E-state index contributed by atoms with van der Waals surface area (Å²) in [5, 5.41) is 7.83. The highest BCUT2D eigenvalue weighted by molar-refractivity contribution is 6.31. The number of benzene rings is 2. The molecule has 128 valence electrons. The molecule has 0 bridgehead atoms. The van der Waals surface area contributed by atoms with Gasteiger partial charge in [0.25, 0.3) is 5.91 Å². The number of aryl methyl sites for hydroxylation is 2. The predicted octanol–water partition coefficient (Wildman–Crippen LogP) is 4.40. The van der Waals surface area contributed by atoms with Crippen molar-refractivity contribution in [2.75, 3.05) is 12.4 Å². The number of aromatic nitrogens is 2. The molecule has 1 N–H and O–H groups in total. The zero-order valence-electron chi connectivity index (χ0n) is 14.2. The van der Waals surface area contributed by atoms with Crippen molar-refractivity contribution in [3.8, 4) is 11.4 Å². The van der Waals surface area contributed by atoms with Crippen LogP contribution in [0, 0.1) is 13.8 Å². The van der Waals surface area contributed by atoms with Crippen molar-refractivity contribution < 1.29 is 9.53 Å². The first-order valence-electron chi connectivity index (χ1n) is 7.77. The van der Waals surface area contributed by atoms with Crippen molar-refractivity contribution >= 4 is 23.2 Å². The van der Waals surface area contributed by atoms with Gasteiger partial charge in [0.15, 0.2) is 5.69 Å². The summed E-state index contributed by atoms with van der Waals surface area (Å²) in [5.41, 5.74) is 3.51. The van der Waals surface area contributed by atoms with Crippen LogP contribution in [0.25, 0.3) is 5.69 Å². The fourth-order valence-corrected chi connectivity index (χ4v) is 2.69. The molecule has 1 aromatic heterocycles. The van der Waals surface area contributed by atoms with E-state index in [-0.39, 0.29) is 5.91 Å². The van der Waals surface area contributed by atoms with Gasteiger partial charge in [0.2, 0.25) is 0 Å². The molecule has 5 nitrogen and oxygen atoms in total. The Balaban J connectivity index is 1.89. The van der Waals surface area contributed by atoms with E-state index < -0.39 is 0 Å². The van der Waals surface area contributed by atoms with Crippen molar-refractivity contribution in [2.45, 2.75) is 13.8 Å². The van der Waals surface area contributed by atoms with Crippen LogP contribution < -0.4 is 10.1 Å². The SMILES string of the molecule is COc1cc(Cl)c(C)cc1NC(=O)c1cc(C)n(-c2ccccc2)n1. The van der Waals surface area contributed by atoms with Gasteiger partial charge in [0.05, 0.1) is 18.5 Å². The molecule has 1 amide bonds. The lowest BCUT2D eigenvalue weighted by Crippen LogP contribution is -2.14. The summed E-state index contributed by atoms with van der Waals surface area (Å²) in [5.74, 6) is 0.195. The minimum absolute atomic E-state index is 0.308. The van der Waals surface area contributed by atoms with Crippen LogP contribution in [0.15, 0.2) is 48.5 Å². The number of amides is 1. The maximum Gasteiger partial charge on any atom is 0.276 e. The molecule has 6 heteroatoms. The number of para-hydroxylation sites is 1. The van der Waals surface area contributed by atoms with Crippen molar-refractivity contribution in [1.82, 2.24) is 9.78 Å². The van der Waals surface area contributed by atoms with Gasteiger partial charge in [-0.15, -0.1) is 0 Å². The third kappa shape index (κ3) is 3.51. The highest BCUT2D eigenvalue weighted by Gasteiger charge is 2.16. The molecular formula is C19H18ClN3O2.